The van der Waals surface area contributed by atoms with E-state index in [2.05, 4.69) is 10.1 Å². The van der Waals surface area contributed by atoms with Crippen LogP contribution in [-0.4, -0.2) is 31.6 Å². The zero-order valence-electron chi connectivity index (χ0n) is 13.9. The van der Waals surface area contributed by atoms with Crippen LogP contribution in [0.2, 0.25) is 0 Å². The van der Waals surface area contributed by atoms with Crippen molar-refractivity contribution in [2.75, 3.05) is 19.0 Å². The molecule has 1 aromatic rings. The van der Waals surface area contributed by atoms with Crippen LogP contribution in [-0.2, 0) is 19.1 Å². The molecule has 0 aliphatic rings. The third-order valence-electron chi connectivity index (χ3n) is 3.08. The summed E-state index contributed by atoms with van der Waals surface area (Å²) in [7, 11) is 1.31. The van der Waals surface area contributed by atoms with E-state index in [4.69, 9.17) is 4.74 Å². The highest BCUT2D eigenvalue weighted by atomic mass is 32.1. The molecule has 128 valence electrons. The number of carbonyl (C=O) groups is 3. The lowest BCUT2D eigenvalue weighted by Crippen LogP contribution is -2.14. The number of carbonyl (C=O) groups excluding carboxylic acids is 3. The van der Waals surface area contributed by atoms with E-state index in [-0.39, 0.29) is 37.2 Å². The third-order valence-corrected chi connectivity index (χ3v) is 4.43. The fourth-order valence-corrected chi connectivity index (χ4v) is 2.90. The Kier molecular flexibility index (Phi) is 7.74. The SMILES string of the molecule is CCOC(=O)c1cc(C(C)C)sc1NC(=O)CCCC(=O)OC. The fourth-order valence-electron chi connectivity index (χ4n) is 1.83. The van der Waals surface area contributed by atoms with Crippen molar-refractivity contribution in [1.82, 2.24) is 0 Å². The molecule has 7 heteroatoms. The molecule has 1 N–H and O–H groups in total. The van der Waals surface area contributed by atoms with Crippen molar-refractivity contribution in [3.8, 4) is 0 Å². The summed E-state index contributed by atoms with van der Waals surface area (Å²) in [4.78, 5) is 36.0. The smallest absolute Gasteiger partial charge is 0.341 e. The van der Waals surface area contributed by atoms with E-state index in [1.54, 1.807) is 13.0 Å². The number of hydrogen-bond acceptors (Lipinski definition) is 6. The number of rotatable bonds is 8. The molecule has 0 saturated heterocycles. The van der Waals surface area contributed by atoms with E-state index in [9.17, 15) is 14.4 Å². The van der Waals surface area contributed by atoms with Gasteiger partial charge in [0.15, 0.2) is 0 Å². The lowest BCUT2D eigenvalue weighted by atomic mass is 10.1. The Morgan fingerprint density at radius 3 is 2.52 bits per heavy atom. The predicted octanol–water partition coefficient (Wildman–Crippen LogP) is 3.33. The van der Waals surface area contributed by atoms with E-state index >= 15 is 0 Å². The molecule has 1 amide bonds. The molecule has 0 atom stereocenters. The van der Waals surface area contributed by atoms with E-state index in [0.717, 1.165) is 4.88 Å². The minimum absolute atomic E-state index is 0.187. The van der Waals surface area contributed by atoms with Crippen LogP contribution >= 0.6 is 11.3 Å². The van der Waals surface area contributed by atoms with Crippen LogP contribution < -0.4 is 5.32 Å². The van der Waals surface area contributed by atoms with Crippen LogP contribution in [0.25, 0.3) is 0 Å². The molecular weight excluding hydrogens is 318 g/mol. The maximum absolute atomic E-state index is 12.0. The Balaban J connectivity index is 2.75. The van der Waals surface area contributed by atoms with Crippen molar-refractivity contribution in [2.24, 2.45) is 0 Å². The number of hydrogen-bond donors (Lipinski definition) is 1. The first-order chi connectivity index (χ1) is 10.9. The second-order valence-corrected chi connectivity index (χ2v) is 6.33. The molecule has 0 saturated carbocycles. The van der Waals surface area contributed by atoms with Gasteiger partial charge in [0.1, 0.15) is 5.00 Å². The normalized spacial score (nSPS) is 10.5. The highest BCUT2D eigenvalue weighted by molar-refractivity contribution is 7.16. The monoisotopic (exact) mass is 341 g/mol. The first kappa shape index (κ1) is 19.2. The fraction of sp³-hybridized carbons (Fsp3) is 0.562. The van der Waals surface area contributed by atoms with Gasteiger partial charge in [-0.15, -0.1) is 11.3 Å². The van der Waals surface area contributed by atoms with Crippen molar-refractivity contribution >= 4 is 34.2 Å². The maximum Gasteiger partial charge on any atom is 0.341 e. The second kappa shape index (κ2) is 9.29. The standard InChI is InChI=1S/C16H23NO5S/c1-5-22-16(20)11-9-12(10(2)3)23-15(11)17-13(18)7-6-8-14(19)21-4/h9-10H,5-8H2,1-4H3,(H,17,18). The summed E-state index contributed by atoms with van der Waals surface area (Å²) in [6, 6.07) is 1.76. The minimum Gasteiger partial charge on any atom is -0.469 e. The van der Waals surface area contributed by atoms with Crippen LogP contribution in [0, 0.1) is 0 Å². The van der Waals surface area contributed by atoms with E-state index in [1.165, 1.54) is 18.4 Å². The molecule has 23 heavy (non-hydrogen) atoms. The zero-order valence-corrected chi connectivity index (χ0v) is 14.7. The molecule has 0 fully saturated rings. The summed E-state index contributed by atoms with van der Waals surface area (Å²) < 4.78 is 9.55. The number of nitrogens with one attached hydrogen (secondary N) is 1. The average Bonchev–Trinajstić information content (AvgIpc) is 2.91. The second-order valence-electron chi connectivity index (χ2n) is 5.24. The summed E-state index contributed by atoms with van der Waals surface area (Å²) >= 11 is 1.37. The van der Waals surface area contributed by atoms with Gasteiger partial charge in [0.2, 0.25) is 5.91 Å². The van der Waals surface area contributed by atoms with Crippen molar-refractivity contribution in [3.63, 3.8) is 0 Å². The Hall–Kier alpha value is -1.89. The molecule has 0 aromatic carbocycles. The van der Waals surface area contributed by atoms with Gasteiger partial charge in [-0.3, -0.25) is 9.59 Å². The summed E-state index contributed by atoms with van der Waals surface area (Å²) in [5.41, 5.74) is 0.377. The van der Waals surface area contributed by atoms with Crippen molar-refractivity contribution in [2.45, 2.75) is 46.0 Å². The van der Waals surface area contributed by atoms with Gasteiger partial charge in [0, 0.05) is 17.7 Å². The van der Waals surface area contributed by atoms with Crippen molar-refractivity contribution in [1.29, 1.82) is 0 Å². The number of amides is 1. The molecule has 0 aliphatic carbocycles. The Labute approximate surface area is 140 Å². The summed E-state index contributed by atoms with van der Waals surface area (Å²) in [5, 5.41) is 3.24. The molecule has 0 radical (unpaired) electrons. The lowest BCUT2D eigenvalue weighted by molar-refractivity contribution is -0.140. The van der Waals surface area contributed by atoms with Gasteiger partial charge >= 0.3 is 11.9 Å². The number of thiophene rings is 1. The highest BCUT2D eigenvalue weighted by Gasteiger charge is 2.20. The topological polar surface area (TPSA) is 81.7 Å². The van der Waals surface area contributed by atoms with Gasteiger partial charge in [-0.05, 0) is 25.3 Å². The molecule has 6 nitrogen and oxygen atoms in total. The average molecular weight is 341 g/mol. The molecule has 0 aliphatic heterocycles. The maximum atomic E-state index is 12.0. The van der Waals surface area contributed by atoms with Gasteiger partial charge in [0.25, 0.3) is 0 Å². The molecule has 0 spiro atoms. The van der Waals surface area contributed by atoms with Crippen LogP contribution in [0.5, 0.6) is 0 Å². The van der Waals surface area contributed by atoms with E-state index in [1.807, 2.05) is 13.8 Å². The summed E-state index contributed by atoms with van der Waals surface area (Å²) in [6.45, 7) is 6.04. The van der Waals surface area contributed by atoms with Crippen LogP contribution in [0.15, 0.2) is 6.07 Å². The van der Waals surface area contributed by atoms with Crippen molar-refractivity contribution in [3.05, 3.63) is 16.5 Å². The molecule has 0 unspecified atom stereocenters. The van der Waals surface area contributed by atoms with Gasteiger partial charge in [-0.2, -0.15) is 0 Å². The number of methoxy groups -OCH3 is 1. The van der Waals surface area contributed by atoms with Gasteiger partial charge < -0.3 is 14.8 Å². The molecule has 0 bridgehead atoms. The number of esters is 2. The Morgan fingerprint density at radius 2 is 1.96 bits per heavy atom. The largest absolute Gasteiger partial charge is 0.469 e. The first-order valence-corrected chi connectivity index (χ1v) is 8.38. The van der Waals surface area contributed by atoms with Crippen LogP contribution in [0.4, 0.5) is 5.00 Å². The summed E-state index contributed by atoms with van der Waals surface area (Å²) in [6.07, 6.45) is 0.776. The lowest BCUT2D eigenvalue weighted by Gasteiger charge is -2.06. The van der Waals surface area contributed by atoms with Crippen molar-refractivity contribution < 1.29 is 23.9 Å². The third kappa shape index (κ3) is 6.02. The zero-order chi connectivity index (χ0) is 17.4. The molecule has 1 heterocycles. The molecule has 1 rings (SSSR count). The summed E-state index contributed by atoms with van der Waals surface area (Å²) in [5.74, 6) is -0.779. The number of ether oxygens (including phenoxy) is 2. The Bertz CT molecular complexity index is 565. The Morgan fingerprint density at radius 1 is 1.26 bits per heavy atom. The van der Waals surface area contributed by atoms with E-state index < -0.39 is 5.97 Å². The first-order valence-electron chi connectivity index (χ1n) is 7.56. The van der Waals surface area contributed by atoms with Gasteiger partial charge in [-0.1, -0.05) is 13.8 Å². The van der Waals surface area contributed by atoms with Gasteiger partial charge in [0.05, 0.1) is 19.3 Å². The highest BCUT2D eigenvalue weighted by Crippen LogP contribution is 2.33. The van der Waals surface area contributed by atoms with E-state index in [0.29, 0.717) is 17.0 Å². The van der Waals surface area contributed by atoms with Crippen LogP contribution in [0.1, 0.15) is 61.2 Å². The predicted molar refractivity (Wildman–Crippen MR) is 88.9 cm³/mol. The molecular formula is C16H23NO5S. The molecule has 1 aromatic heterocycles. The van der Waals surface area contributed by atoms with Crippen LogP contribution in [0.3, 0.4) is 0 Å². The quantitative estimate of drug-likeness (QED) is 0.734. The number of anilines is 1. The minimum atomic E-state index is -0.444. The van der Waals surface area contributed by atoms with Gasteiger partial charge in [-0.25, -0.2) is 4.79 Å².